The Balaban J connectivity index is 2.42. The van der Waals surface area contributed by atoms with Crippen LogP contribution in [0.15, 0.2) is 24.3 Å². The van der Waals surface area contributed by atoms with E-state index in [4.69, 9.17) is 10.8 Å². The van der Waals surface area contributed by atoms with E-state index in [1.807, 2.05) is 6.92 Å². The third-order valence-electron chi connectivity index (χ3n) is 2.56. The van der Waals surface area contributed by atoms with Crippen LogP contribution in [0.5, 0.6) is 0 Å². The lowest BCUT2D eigenvalue weighted by Gasteiger charge is -2.00. The molecule has 0 aliphatic heterocycles. The topological polar surface area (TPSA) is 92.0 Å². The fourth-order valence-electron chi connectivity index (χ4n) is 1.69. The Morgan fingerprint density at radius 3 is 2.59 bits per heavy atom. The summed E-state index contributed by atoms with van der Waals surface area (Å²) in [7, 11) is 0. The van der Waals surface area contributed by atoms with Crippen molar-refractivity contribution in [3.05, 3.63) is 35.5 Å². The molecule has 5 nitrogen and oxygen atoms in total. The van der Waals surface area contributed by atoms with E-state index < -0.39 is 5.97 Å². The standard InChI is InChI=1S/C12H13N3O2/c1-2-9-10(15-12(13)14-9)7-3-5-8(6-4-7)11(16)17/h3-6H,2H2,1H3,(H,16,17)(H3,13,14,15). The minimum Gasteiger partial charge on any atom is -0.478 e. The number of aromatic amines is 1. The van der Waals surface area contributed by atoms with Crippen LogP contribution in [-0.4, -0.2) is 21.0 Å². The first kappa shape index (κ1) is 11.2. The zero-order chi connectivity index (χ0) is 12.4. The highest BCUT2D eigenvalue weighted by Crippen LogP contribution is 2.23. The SMILES string of the molecule is CCc1[nH]c(N)nc1-c1ccc(C(=O)O)cc1. The number of carboxylic acid groups (broad SMARTS) is 1. The van der Waals surface area contributed by atoms with Gasteiger partial charge in [-0.05, 0) is 18.6 Å². The minimum absolute atomic E-state index is 0.260. The predicted molar refractivity (Wildman–Crippen MR) is 64.8 cm³/mol. The lowest BCUT2D eigenvalue weighted by molar-refractivity contribution is 0.0697. The van der Waals surface area contributed by atoms with Gasteiger partial charge in [-0.25, -0.2) is 9.78 Å². The molecule has 2 rings (SSSR count). The molecule has 5 heteroatoms. The number of carbonyl (C=O) groups is 1. The fourth-order valence-corrected chi connectivity index (χ4v) is 1.69. The fraction of sp³-hybridized carbons (Fsp3) is 0.167. The maximum absolute atomic E-state index is 10.7. The van der Waals surface area contributed by atoms with Gasteiger partial charge in [0.15, 0.2) is 5.95 Å². The van der Waals surface area contributed by atoms with Crippen LogP contribution in [-0.2, 0) is 6.42 Å². The van der Waals surface area contributed by atoms with Gasteiger partial charge in [-0.1, -0.05) is 19.1 Å². The van der Waals surface area contributed by atoms with Crippen molar-refractivity contribution in [3.8, 4) is 11.3 Å². The number of aryl methyl sites for hydroxylation is 1. The molecule has 0 aliphatic rings. The molecule has 1 heterocycles. The van der Waals surface area contributed by atoms with E-state index in [-0.39, 0.29) is 5.56 Å². The van der Waals surface area contributed by atoms with E-state index in [9.17, 15) is 4.79 Å². The summed E-state index contributed by atoms with van der Waals surface area (Å²) >= 11 is 0. The smallest absolute Gasteiger partial charge is 0.335 e. The zero-order valence-electron chi connectivity index (χ0n) is 9.40. The van der Waals surface area contributed by atoms with Gasteiger partial charge in [-0.3, -0.25) is 0 Å². The normalized spacial score (nSPS) is 10.4. The molecule has 2 aromatic rings. The monoisotopic (exact) mass is 231 g/mol. The number of rotatable bonds is 3. The van der Waals surface area contributed by atoms with Gasteiger partial charge in [0.05, 0.1) is 11.3 Å². The van der Waals surface area contributed by atoms with Gasteiger partial charge in [-0.15, -0.1) is 0 Å². The molecule has 0 radical (unpaired) electrons. The number of nitrogens with two attached hydrogens (primary N) is 1. The molecule has 17 heavy (non-hydrogen) atoms. The van der Waals surface area contributed by atoms with E-state index in [1.165, 1.54) is 0 Å². The van der Waals surface area contributed by atoms with E-state index in [0.717, 1.165) is 23.4 Å². The van der Waals surface area contributed by atoms with E-state index >= 15 is 0 Å². The maximum atomic E-state index is 10.7. The first-order valence-corrected chi connectivity index (χ1v) is 5.30. The molecule has 0 aliphatic carbocycles. The Kier molecular flexibility index (Phi) is 2.82. The van der Waals surface area contributed by atoms with Gasteiger partial charge in [0.1, 0.15) is 0 Å². The van der Waals surface area contributed by atoms with Crippen LogP contribution >= 0.6 is 0 Å². The third-order valence-corrected chi connectivity index (χ3v) is 2.56. The summed E-state index contributed by atoms with van der Waals surface area (Å²) in [5, 5.41) is 8.81. The molecular weight excluding hydrogens is 218 g/mol. The minimum atomic E-state index is -0.936. The van der Waals surface area contributed by atoms with Crippen LogP contribution < -0.4 is 5.73 Å². The average molecular weight is 231 g/mol. The van der Waals surface area contributed by atoms with Crippen molar-refractivity contribution >= 4 is 11.9 Å². The van der Waals surface area contributed by atoms with Crippen molar-refractivity contribution in [1.82, 2.24) is 9.97 Å². The first-order valence-electron chi connectivity index (χ1n) is 5.30. The molecule has 0 spiro atoms. The van der Waals surface area contributed by atoms with E-state index in [2.05, 4.69) is 9.97 Å². The highest BCUT2D eigenvalue weighted by atomic mass is 16.4. The number of nitrogens with one attached hydrogen (secondary N) is 1. The Labute approximate surface area is 98.3 Å². The number of aromatic nitrogens is 2. The molecule has 0 amide bonds. The quantitative estimate of drug-likeness (QED) is 0.752. The summed E-state index contributed by atoms with van der Waals surface area (Å²) in [5.74, 6) is -0.562. The van der Waals surface area contributed by atoms with Crippen LogP contribution in [0.1, 0.15) is 23.0 Å². The molecule has 0 fully saturated rings. The summed E-state index contributed by atoms with van der Waals surface area (Å²) in [6.45, 7) is 2.00. The molecule has 0 unspecified atom stereocenters. The molecule has 0 saturated heterocycles. The number of benzene rings is 1. The number of nitrogens with zero attached hydrogens (tertiary/aromatic N) is 1. The predicted octanol–water partition coefficient (Wildman–Crippen LogP) is 1.92. The second kappa shape index (κ2) is 4.29. The molecule has 0 atom stereocenters. The van der Waals surface area contributed by atoms with Crippen molar-refractivity contribution in [2.24, 2.45) is 0 Å². The number of aromatic carboxylic acids is 1. The summed E-state index contributed by atoms with van der Waals surface area (Å²) in [5.41, 5.74) is 8.46. The lowest BCUT2D eigenvalue weighted by atomic mass is 10.1. The van der Waals surface area contributed by atoms with Gasteiger partial charge in [-0.2, -0.15) is 0 Å². The molecule has 0 bridgehead atoms. The van der Waals surface area contributed by atoms with Crippen molar-refractivity contribution in [2.75, 3.05) is 5.73 Å². The van der Waals surface area contributed by atoms with Gasteiger partial charge in [0, 0.05) is 11.3 Å². The van der Waals surface area contributed by atoms with Gasteiger partial charge < -0.3 is 15.8 Å². The van der Waals surface area contributed by atoms with Gasteiger partial charge >= 0.3 is 5.97 Å². The number of nitrogen functional groups attached to an aromatic ring is 1. The second-order valence-electron chi connectivity index (χ2n) is 3.69. The molecule has 1 aromatic carbocycles. The maximum Gasteiger partial charge on any atom is 0.335 e. The van der Waals surface area contributed by atoms with Crippen molar-refractivity contribution in [2.45, 2.75) is 13.3 Å². The molecule has 4 N–H and O–H groups in total. The van der Waals surface area contributed by atoms with E-state index in [1.54, 1.807) is 24.3 Å². The summed E-state index contributed by atoms with van der Waals surface area (Å²) in [6, 6.07) is 6.58. The zero-order valence-corrected chi connectivity index (χ0v) is 9.40. The van der Waals surface area contributed by atoms with Crippen molar-refractivity contribution in [3.63, 3.8) is 0 Å². The van der Waals surface area contributed by atoms with Crippen molar-refractivity contribution < 1.29 is 9.90 Å². The van der Waals surface area contributed by atoms with Crippen LogP contribution in [0, 0.1) is 0 Å². The molecule has 1 aromatic heterocycles. The first-order chi connectivity index (χ1) is 8.11. The Hall–Kier alpha value is -2.30. The molecular formula is C12H13N3O2. The summed E-state index contributed by atoms with van der Waals surface area (Å²) < 4.78 is 0. The number of hydrogen-bond donors (Lipinski definition) is 3. The average Bonchev–Trinajstić information content (AvgIpc) is 2.70. The number of H-pyrrole nitrogens is 1. The van der Waals surface area contributed by atoms with E-state index in [0.29, 0.717) is 5.95 Å². The van der Waals surface area contributed by atoms with Crippen LogP contribution in [0.3, 0.4) is 0 Å². The van der Waals surface area contributed by atoms with Crippen molar-refractivity contribution in [1.29, 1.82) is 0 Å². The lowest BCUT2D eigenvalue weighted by Crippen LogP contribution is -1.95. The largest absolute Gasteiger partial charge is 0.478 e. The third kappa shape index (κ3) is 2.13. The number of hydrogen-bond acceptors (Lipinski definition) is 3. The summed E-state index contributed by atoms with van der Waals surface area (Å²) in [6.07, 6.45) is 0.792. The highest BCUT2D eigenvalue weighted by molar-refractivity contribution is 5.88. The van der Waals surface area contributed by atoms with Gasteiger partial charge in [0.25, 0.3) is 0 Å². The second-order valence-corrected chi connectivity index (χ2v) is 3.69. The number of imidazole rings is 1. The highest BCUT2D eigenvalue weighted by Gasteiger charge is 2.10. The number of anilines is 1. The summed E-state index contributed by atoms with van der Waals surface area (Å²) in [4.78, 5) is 17.9. The van der Waals surface area contributed by atoms with Crippen LogP contribution in [0.2, 0.25) is 0 Å². The molecule has 0 saturated carbocycles. The Morgan fingerprint density at radius 1 is 1.41 bits per heavy atom. The Bertz CT molecular complexity index is 543. The number of carboxylic acids is 1. The van der Waals surface area contributed by atoms with Crippen LogP contribution in [0.25, 0.3) is 11.3 Å². The van der Waals surface area contributed by atoms with Crippen LogP contribution in [0.4, 0.5) is 5.95 Å². The molecule has 88 valence electrons. The van der Waals surface area contributed by atoms with Gasteiger partial charge in [0.2, 0.25) is 0 Å². The Morgan fingerprint density at radius 2 is 2.06 bits per heavy atom.